The van der Waals surface area contributed by atoms with Crippen molar-refractivity contribution >= 4 is 21.6 Å². The lowest BCUT2D eigenvalue weighted by molar-refractivity contribution is 0.0588. The van der Waals surface area contributed by atoms with Crippen LogP contribution in [0.3, 0.4) is 0 Å². The van der Waals surface area contributed by atoms with E-state index in [9.17, 15) is 13.2 Å². The van der Waals surface area contributed by atoms with Gasteiger partial charge in [-0.25, -0.2) is 13.4 Å². The van der Waals surface area contributed by atoms with Gasteiger partial charge in [-0.15, -0.1) is 0 Å². The monoisotopic (exact) mass is 403 g/mol. The first-order valence-corrected chi connectivity index (χ1v) is 11.0. The SMILES string of the molecule is CCS(=O)(=O)N(C)c1ccc(OC2CCN(C(=O)c3ccccc3)CC2)nc1. The van der Waals surface area contributed by atoms with Crippen LogP contribution in [0.15, 0.2) is 48.7 Å². The summed E-state index contributed by atoms with van der Waals surface area (Å²) in [5.74, 6) is 0.530. The molecule has 1 aliphatic rings. The van der Waals surface area contributed by atoms with Crippen molar-refractivity contribution in [1.82, 2.24) is 9.88 Å². The predicted molar refractivity (Wildman–Crippen MR) is 108 cm³/mol. The Morgan fingerprint density at radius 1 is 1.18 bits per heavy atom. The number of hydrogen-bond donors (Lipinski definition) is 0. The first-order chi connectivity index (χ1) is 13.4. The van der Waals surface area contributed by atoms with Crippen molar-refractivity contribution in [2.24, 2.45) is 0 Å². The van der Waals surface area contributed by atoms with E-state index in [1.54, 1.807) is 19.1 Å². The van der Waals surface area contributed by atoms with Gasteiger partial charge in [-0.1, -0.05) is 18.2 Å². The molecule has 3 rings (SSSR count). The molecule has 1 aromatic carbocycles. The molecule has 2 heterocycles. The minimum absolute atomic E-state index is 0.0183. The molecular formula is C20H25N3O4S. The van der Waals surface area contributed by atoms with E-state index < -0.39 is 10.0 Å². The van der Waals surface area contributed by atoms with Gasteiger partial charge in [-0.05, 0) is 25.1 Å². The molecule has 8 heteroatoms. The van der Waals surface area contributed by atoms with Crippen LogP contribution in [-0.4, -0.2) is 56.2 Å². The molecular weight excluding hydrogens is 378 g/mol. The van der Waals surface area contributed by atoms with Crippen molar-refractivity contribution in [2.75, 3.05) is 30.2 Å². The Balaban J connectivity index is 1.54. The van der Waals surface area contributed by atoms with Crippen LogP contribution in [0.4, 0.5) is 5.69 Å². The minimum Gasteiger partial charge on any atom is -0.474 e. The van der Waals surface area contributed by atoms with Gasteiger partial charge in [0.15, 0.2) is 0 Å². The minimum atomic E-state index is -3.31. The number of piperidine rings is 1. The summed E-state index contributed by atoms with van der Waals surface area (Å²) in [4.78, 5) is 18.6. The maximum atomic E-state index is 12.5. The maximum Gasteiger partial charge on any atom is 0.253 e. The molecule has 0 bridgehead atoms. The normalized spacial score (nSPS) is 15.3. The Hall–Kier alpha value is -2.61. The summed E-state index contributed by atoms with van der Waals surface area (Å²) in [6, 6.07) is 12.6. The largest absolute Gasteiger partial charge is 0.474 e. The van der Waals surface area contributed by atoms with Gasteiger partial charge in [0, 0.05) is 44.6 Å². The Bertz CT molecular complexity index is 893. The topological polar surface area (TPSA) is 79.8 Å². The second-order valence-corrected chi connectivity index (χ2v) is 8.99. The summed E-state index contributed by atoms with van der Waals surface area (Å²) < 4.78 is 31.0. The molecule has 0 atom stereocenters. The molecule has 1 aliphatic heterocycles. The molecule has 1 aromatic heterocycles. The van der Waals surface area contributed by atoms with E-state index in [2.05, 4.69) is 4.98 Å². The molecule has 0 unspecified atom stereocenters. The molecule has 0 N–H and O–H groups in total. The standard InChI is InChI=1S/C20H25N3O4S/c1-3-28(25,26)22(2)17-9-10-19(21-15-17)27-18-11-13-23(14-12-18)20(24)16-7-5-4-6-8-16/h4-10,15,18H,3,11-14H2,1-2H3. The second-order valence-electron chi connectivity index (χ2n) is 6.70. The van der Waals surface area contributed by atoms with E-state index in [1.807, 2.05) is 35.2 Å². The lowest BCUT2D eigenvalue weighted by atomic mass is 10.1. The Kier molecular flexibility index (Phi) is 6.18. The van der Waals surface area contributed by atoms with Crippen molar-refractivity contribution in [3.05, 3.63) is 54.2 Å². The van der Waals surface area contributed by atoms with E-state index in [-0.39, 0.29) is 17.8 Å². The third-order valence-electron chi connectivity index (χ3n) is 4.90. The number of rotatable bonds is 6. The number of aromatic nitrogens is 1. The Labute approximate surface area is 166 Å². The Morgan fingerprint density at radius 2 is 1.86 bits per heavy atom. The van der Waals surface area contributed by atoms with Crippen LogP contribution < -0.4 is 9.04 Å². The number of carbonyl (C=O) groups excluding carboxylic acids is 1. The fourth-order valence-electron chi connectivity index (χ4n) is 3.09. The molecule has 7 nitrogen and oxygen atoms in total. The van der Waals surface area contributed by atoms with Gasteiger partial charge in [0.05, 0.1) is 17.6 Å². The fraction of sp³-hybridized carbons (Fsp3) is 0.400. The van der Waals surface area contributed by atoms with Gasteiger partial charge in [-0.2, -0.15) is 0 Å². The van der Waals surface area contributed by atoms with Crippen LogP contribution in [0.5, 0.6) is 5.88 Å². The van der Waals surface area contributed by atoms with E-state index in [0.29, 0.717) is 30.2 Å². The number of amides is 1. The first-order valence-electron chi connectivity index (χ1n) is 9.34. The number of likely N-dealkylation sites (tertiary alicyclic amines) is 1. The molecule has 150 valence electrons. The summed E-state index contributed by atoms with van der Waals surface area (Å²) in [6.45, 7) is 2.87. The van der Waals surface area contributed by atoms with E-state index >= 15 is 0 Å². The van der Waals surface area contributed by atoms with Crippen molar-refractivity contribution in [1.29, 1.82) is 0 Å². The van der Waals surface area contributed by atoms with Crippen molar-refractivity contribution in [2.45, 2.75) is 25.9 Å². The van der Waals surface area contributed by atoms with E-state index in [4.69, 9.17) is 4.74 Å². The highest BCUT2D eigenvalue weighted by Crippen LogP contribution is 2.22. The van der Waals surface area contributed by atoms with Crippen LogP contribution >= 0.6 is 0 Å². The number of anilines is 1. The summed E-state index contributed by atoms with van der Waals surface area (Å²) >= 11 is 0. The third kappa shape index (κ3) is 4.62. The number of pyridine rings is 1. The van der Waals surface area contributed by atoms with Crippen LogP contribution in [0, 0.1) is 0 Å². The van der Waals surface area contributed by atoms with Gasteiger partial charge < -0.3 is 9.64 Å². The second kappa shape index (κ2) is 8.60. The van der Waals surface area contributed by atoms with Crippen LogP contribution in [0.1, 0.15) is 30.1 Å². The van der Waals surface area contributed by atoms with Crippen molar-refractivity contribution in [3.8, 4) is 5.88 Å². The van der Waals surface area contributed by atoms with E-state index in [1.165, 1.54) is 17.5 Å². The number of ether oxygens (including phenoxy) is 1. The fourth-order valence-corrected chi connectivity index (χ4v) is 3.91. The number of carbonyl (C=O) groups is 1. The maximum absolute atomic E-state index is 12.5. The highest BCUT2D eigenvalue weighted by molar-refractivity contribution is 7.92. The average molecular weight is 404 g/mol. The molecule has 0 saturated carbocycles. The molecule has 28 heavy (non-hydrogen) atoms. The molecule has 0 spiro atoms. The van der Waals surface area contributed by atoms with Gasteiger partial charge in [0.2, 0.25) is 15.9 Å². The van der Waals surface area contributed by atoms with E-state index in [0.717, 1.165) is 12.8 Å². The first kappa shape index (κ1) is 20.1. The van der Waals surface area contributed by atoms with Crippen LogP contribution in [-0.2, 0) is 10.0 Å². The van der Waals surface area contributed by atoms with Crippen LogP contribution in [0.25, 0.3) is 0 Å². The number of sulfonamides is 1. The number of hydrogen-bond acceptors (Lipinski definition) is 5. The van der Waals surface area contributed by atoms with Crippen molar-refractivity contribution in [3.63, 3.8) is 0 Å². The Morgan fingerprint density at radius 3 is 2.43 bits per heavy atom. The van der Waals surface area contributed by atoms with Crippen molar-refractivity contribution < 1.29 is 17.9 Å². The zero-order chi connectivity index (χ0) is 20.1. The average Bonchev–Trinajstić information content (AvgIpc) is 2.74. The molecule has 1 saturated heterocycles. The molecule has 1 amide bonds. The summed E-state index contributed by atoms with van der Waals surface area (Å²) in [5, 5.41) is 0. The van der Waals surface area contributed by atoms with Gasteiger partial charge in [0.1, 0.15) is 6.10 Å². The smallest absolute Gasteiger partial charge is 0.253 e. The highest BCUT2D eigenvalue weighted by atomic mass is 32.2. The van der Waals surface area contributed by atoms with Gasteiger partial charge in [0.25, 0.3) is 5.91 Å². The third-order valence-corrected chi connectivity index (χ3v) is 6.68. The highest BCUT2D eigenvalue weighted by Gasteiger charge is 2.25. The molecule has 0 radical (unpaired) electrons. The van der Waals surface area contributed by atoms with Gasteiger partial charge >= 0.3 is 0 Å². The lowest BCUT2D eigenvalue weighted by Crippen LogP contribution is -2.41. The summed E-state index contributed by atoms with van der Waals surface area (Å²) in [7, 11) is -1.80. The van der Waals surface area contributed by atoms with Gasteiger partial charge in [-0.3, -0.25) is 9.10 Å². The molecule has 0 aliphatic carbocycles. The summed E-state index contributed by atoms with van der Waals surface area (Å²) in [6.07, 6.45) is 2.93. The lowest BCUT2D eigenvalue weighted by Gasteiger charge is -2.32. The van der Waals surface area contributed by atoms with Crippen LogP contribution in [0.2, 0.25) is 0 Å². The molecule has 1 fully saturated rings. The quantitative estimate of drug-likeness (QED) is 0.741. The number of benzene rings is 1. The summed E-state index contributed by atoms with van der Waals surface area (Å²) in [5.41, 5.74) is 1.20. The predicted octanol–water partition coefficient (Wildman–Crippen LogP) is 2.55. The number of nitrogens with zero attached hydrogens (tertiary/aromatic N) is 3. The zero-order valence-corrected chi connectivity index (χ0v) is 16.9. The molecule has 2 aromatic rings. The zero-order valence-electron chi connectivity index (χ0n) is 16.1.